The molecule has 0 radical (unpaired) electrons. The summed E-state index contributed by atoms with van der Waals surface area (Å²) in [5.41, 5.74) is 0.740. The molecule has 0 aromatic carbocycles. The Bertz CT molecular complexity index is 204. The van der Waals surface area contributed by atoms with Gasteiger partial charge >= 0.3 is 0 Å². The third-order valence-electron chi connectivity index (χ3n) is 4.99. The Morgan fingerprint density at radius 1 is 1.07 bits per heavy atom. The number of hydrogen-bond acceptors (Lipinski definition) is 2. The second kappa shape index (κ2) is 3.21. The minimum Gasteiger partial charge on any atom is -0.317 e. The zero-order valence-corrected chi connectivity index (χ0v) is 9.26. The van der Waals surface area contributed by atoms with Crippen molar-refractivity contribution in [1.29, 1.82) is 0 Å². The minimum atomic E-state index is 0.740. The first-order valence-electron chi connectivity index (χ1n) is 6.22. The maximum Gasteiger partial charge on any atom is 0.0101 e. The fraction of sp³-hybridized carbons (Fsp3) is 1.00. The van der Waals surface area contributed by atoms with E-state index in [1.165, 1.54) is 51.6 Å². The summed E-state index contributed by atoms with van der Waals surface area (Å²) in [5, 5.41) is 3.50. The number of nitrogens with zero attached hydrogens (tertiary/aromatic N) is 1. The fourth-order valence-electron chi connectivity index (χ4n) is 4.03. The molecule has 0 aromatic heterocycles. The Morgan fingerprint density at radius 2 is 1.64 bits per heavy atom. The van der Waals surface area contributed by atoms with Crippen molar-refractivity contribution in [3.63, 3.8) is 0 Å². The Hall–Kier alpha value is -0.0800. The molecule has 3 aliphatic heterocycles. The first-order chi connectivity index (χ1) is 6.79. The van der Waals surface area contributed by atoms with Crippen LogP contribution in [0.3, 0.4) is 0 Å². The average Bonchev–Trinajstić information content (AvgIpc) is 2.45. The maximum absolute atomic E-state index is 3.50. The van der Waals surface area contributed by atoms with E-state index in [1.54, 1.807) is 0 Å². The van der Waals surface area contributed by atoms with E-state index in [-0.39, 0.29) is 0 Å². The predicted molar refractivity (Wildman–Crippen MR) is 58.3 cm³/mol. The van der Waals surface area contributed by atoms with E-state index in [0.717, 1.165) is 17.5 Å². The van der Waals surface area contributed by atoms with Crippen LogP contribution in [0, 0.1) is 5.41 Å². The minimum absolute atomic E-state index is 0.740. The zero-order valence-electron chi connectivity index (χ0n) is 9.26. The van der Waals surface area contributed by atoms with Crippen molar-refractivity contribution in [3.05, 3.63) is 0 Å². The van der Waals surface area contributed by atoms with Gasteiger partial charge in [0.1, 0.15) is 0 Å². The van der Waals surface area contributed by atoms with Crippen LogP contribution in [0.15, 0.2) is 0 Å². The van der Waals surface area contributed by atoms with E-state index >= 15 is 0 Å². The molecule has 0 aromatic rings. The second-order valence-electron chi connectivity index (χ2n) is 5.71. The molecule has 2 nitrogen and oxygen atoms in total. The van der Waals surface area contributed by atoms with Crippen LogP contribution in [-0.2, 0) is 0 Å². The van der Waals surface area contributed by atoms with Crippen LogP contribution < -0.4 is 5.32 Å². The third-order valence-corrected chi connectivity index (χ3v) is 4.99. The number of nitrogens with one attached hydrogen (secondary N) is 1. The molecule has 3 heterocycles. The van der Waals surface area contributed by atoms with E-state index in [4.69, 9.17) is 0 Å². The Kier molecular flexibility index (Phi) is 2.10. The van der Waals surface area contributed by atoms with Crippen LogP contribution in [0.25, 0.3) is 0 Å². The van der Waals surface area contributed by atoms with Gasteiger partial charge in [0.15, 0.2) is 0 Å². The molecule has 80 valence electrons. The van der Waals surface area contributed by atoms with E-state index in [1.807, 2.05) is 0 Å². The summed E-state index contributed by atoms with van der Waals surface area (Å²) in [6, 6.07) is 1.85. The molecule has 14 heavy (non-hydrogen) atoms. The van der Waals surface area contributed by atoms with Gasteiger partial charge in [0.05, 0.1) is 0 Å². The van der Waals surface area contributed by atoms with Crippen LogP contribution >= 0.6 is 0 Å². The molecule has 3 fully saturated rings. The summed E-state index contributed by atoms with van der Waals surface area (Å²) in [6.07, 6.45) is 8.79. The molecule has 2 bridgehead atoms. The van der Waals surface area contributed by atoms with Crippen LogP contribution in [0.1, 0.15) is 38.5 Å². The SMILES string of the molecule is CN1C2CCC1CC1(CCNCC1)C2. The lowest BCUT2D eigenvalue weighted by atomic mass is 9.69. The highest BCUT2D eigenvalue weighted by Crippen LogP contribution is 2.49. The smallest absolute Gasteiger partial charge is 0.0101 e. The van der Waals surface area contributed by atoms with Crippen LogP contribution in [0.5, 0.6) is 0 Å². The Morgan fingerprint density at radius 3 is 2.21 bits per heavy atom. The molecule has 2 unspecified atom stereocenters. The summed E-state index contributed by atoms with van der Waals surface area (Å²) < 4.78 is 0. The van der Waals surface area contributed by atoms with Crippen molar-refractivity contribution < 1.29 is 0 Å². The third kappa shape index (κ3) is 1.31. The van der Waals surface area contributed by atoms with Gasteiger partial charge in [-0.1, -0.05) is 0 Å². The van der Waals surface area contributed by atoms with Gasteiger partial charge in [-0.05, 0) is 64.1 Å². The zero-order chi connectivity index (χ0) is 9.60. The quantitative estimate of drug-likeness (QED) is 0.630. The predicted octanol–water partition coefficient (Wildman–Crippen LogP) is 1.61. The largest absolute Gasteiger partial charge is 0.317 e. The summed E-state index contributed by atoms with van der Waals surface area (Å²) in [4.78, 5) is 2.66. The molecule has 0 saturated carbocycles. The second-order valence-corrected chi connectivity index (χ2v) is 5.71. The standard InChI is InChI=1S/C12H22N2/c1-14-10-2-3-11(14)9-12(8-10)4-6-13-7-5-12/h10-11,13H,2-9H2,1H3. The van der Waals surface area contributed by atoms with Gasteiger partial charge in [-0.3, -0.25) is 0 Å². The Balaban J connectivity index is 1.77. The lowest BCUT2D eigenvalue weighted by molar-refractivity contribution is 0.0366. The van der Waals surface area contributed by atoms with Gasteiger partial charge in [-0.15, -0.1) is 0 Å². The monoisotopic (exact) mass is 194 g/mol. The lowest BCUT2D eigenvalue weighted by Gasteiger charge is -2.47. The van der Waals surface area contributed by atoms with Gasteiger partial charge in [-0.25, -0.2) is 0 Å². The summed E-state index contributed by atoms with van der Waals surface area (Å²) >= 11 is 0. The number of fused-ring (bicyclic) bond motifs is 2. The summed E-state index contributed by atoms with van der Waals surface area (Å²) in [7, 11) is 2.34. The first-order valence-corrected chi connectivity index (χ1v) is 6.22. The van der Waals surface area contributed by atoms with Gasteiger partial charge in [0.25, 0.3) is 0 Å². The molecule has 3 saturated heterocycles. The highest BCUT2D eigenvalue weighted by atomic mass is 15.2. The van der Waals surface area contributed by atoms with Crippen LogP contribution in [0.2, 0.25) is 0 Å². The number of piperidine rings is 2. The average molecular weight is 194 g/mol. The molecule has 2 heteroatoms. The molecule has 0 amide bonds. The van der Waals surface area contributed by atoms with E-state index < -0.39 is 0 Å². The first kappa shape index (κ1) is 9.17. The molecule has 3 aliphatic rings. The lowest BCUT2D eigenvalue weighted by Crippen LogP contribution is -2.49. The van der Waals surface area contributed by atoms with Crippen molar-refractivity contribution in [2.75, 3.05) is 20.1 Å². The van der Waals surface area contributed by atoms with Crippen molar-refractivity contribution in [3.8, 4) is 0 Å². The van der Waals surface area contributed by atoms with Crippen molar-refractivity contribution >= 4 is 0 Å². The van der Waals surface area contributed by atoms with E-state index in [2.05, 4.69) is 17.3 Å². The molecular weight excluding hydrogens is 172 g/mol. The summed E-state index contributed by atoms with van der Waals surface area (Å²) in [6.45, 7) is 2.53. The molecule has 2 atom stereocenters. The Labute approximate surface area is 87.0 Å². The highest BCUT2D eigenvalue weighted by molar-refractivity contribution is 5.01. The fourth-order valence-corrected chi connectivity index (χ4v) is 4.03. The molecule has 1 spiro atoms. The molecule has 0 aliphatic carbocycles. The topological polar surface area (TPSA) is 15.3 Å². The van der Waals surface area contributed by atoms with Crippen LogP contribution in [0.4, 0.5) is 0 Å². The summed E-state index contributed by atoms with van der Waals surface area (Å²) in [5.74, 6) is 0. The highest BCUT2D eigenvalue weighted by Gasteiger charge is 2.46. The van der Waals surface area contributed by atoms with Crippen molar-refractivity contribution in [1.82, 2.24) is 10.2 Å². The molecule has 3 rings (SSSR count). The van der Waals surface area contributed by atoms with Crippen molar-refractivity contribution in [2.24, 2.45) is 5.41 Å². The van der Waals surface area contributed by atoms with Crippen molar-refractivity contribution in [2.45, 2.75) is 50.6 Å². The maximum atomic E-state index is 3.50. The normalized spacial score (nSPS) is 41.8. The number of rotatable bonds is 0. The molecule has 1 N–H and O–H groups in total. The van der Waals surface area contributed by atoms with Gasteiger partial charge in [-0.2, -0.15) is 0 Å². The van der Waals surface area contributed by atoms with Crippen LogP contribution in [-0.4, -0.2) is 37.1 Å². The number of hydrogen-bond donors (Lipinski definition) is 1. The van der Waals surface area contributed by atoms with E-state index in [0.29, 0.717) is 0 Å². The van der Waals surface area contributed by atoms with Gasteiger partial charge in [0, 0.05) is 12.1 Å². The van der Waals surface area contributed by atoms with Gasteiger partial charge in [0.2, 0.25) is 0 Å². The molecular formula is C12H22N2. The van der Waals surface area contributed by atoms with E-state index in [9.17, 15) is 0 Å². The van der Waals surface area contributed by atoms with Gasteiger partial charge < -0.3 is 10.2 Å².